The van der Waals surface area contributed by atoms with Crippen molar-refractivity contribution in [3.05, 3.63) is 66.6 Å². The summed E-state index contributed by atoms with van der Waals surface area (Å²) in [6.45, 7) is 0. The average Bonchev–Trinajstić information content (AvgIpc) is 2.84. The minimum absolute atomic E-state index is 0.723. The van der Waals surface area contributed by atoms with Crippen LogP contribution in [-0.2, 0) is 0 Å². The van der Waals surface area contributed by atoms with Crippen LogP contribution in [0.25, 0.3) is 10.9 Å². The number of aldehydes is 1. The predicted molar refractivity (Wildman–Crippen MR) is 67.9 cm³/mol. The summed E-state index contributed by atoms with van der Waals surface area (Å²) in [5.74, 6) is 0. The van der Waals surface area contributed by atoms with E-state index in [1.54, 1.807) is 18.6 Å². The van der Waals surface area contributed by atoms with Gasteiger partial charge in [0.2, 0.25) is 0 Å². The lowest BCUT2D eigenvalue weighted by atomic mass is 10.2. The zero-order valence-electron chi connectivity index (χ0n) is 9.21. The topological polar surface area (TPSA) is 45.8 Å². The minimum atomic E-state index is 0.723. The molecule has 0 aliphatic heterocycles. The zero-order chi connectivity index (χ0) is 11.9. The highest BCUT2D eigenvalue weighted by Crippen LogP contribution is 2.14. The van der Waals surface area contributed by atoms with Gasteiger partial charge in [0.15, 0.2) is 6.29 Å². The molecule has 1 aromatic carbocycles. The first-order valence-electron chi connectivity index (χ1n) is 5.28. The Bertz CT molecular complexity index is 561. The Morgan fingerprint density at radius 1 is 1.00 bits per heavy atom. The highest BCUT2D eigenvalue weighted by molar-refractivity contribution is 5.96. The molecule has 0 fully saturated rings. The summed E-state index contributed by atoms with van der Waals surface area (Å²) in [6, 6.07) is 13.4. The van der Waals surface area contributed by atoms with Gasteiger partial charge in [-0.3, -0.25) is 9.78 Å². The first-order chi connectivity index (χ1) is 8.42. The summed E-state index contributed by atoms with van der Waals surface area (Å²) < 4.78 is 0. The van der Waals surface area contributed by atoms with Gasteiger partial charge in [0.1, 0.15) is 0 Å². The maximum Gasteiger partial charge on any atom is 0.152 e. The van der Waals surface area contributed by atoms with E-state index in [0.717, 1.165) is 22.8 Å². The number of aromatic amines is 1. The van der Waals surface area contributed by atoms with Crippen molar-refractivity contribution < 1.29 is 4.79 Å². The van der Waals surface area contributed by atoms with Gasteiger partial charge in [-0.15, -0.1) is 0 Å². The first-order valence-corrected chi connectivity index (χ1v) is 5.28. The van der Waals surface area contributed by atoms with Crippen LogP contribution in [0.15, 0.2) is 61.1 Å². The minimum Gasteiger partial charge on any atom is -0.360 e. The van der Waals surface area contributed by atoms with E-state index in [1.165, 1.54) is 0 Å². The van der Waals surface area contributed by atoms with Crippen LogP contribution >= 0.6 is 0 Å². The van der Waals surface area contributed by atoms with Crippen LogP contribution in [0.4, 0.5) is 0 Å². The molecule has 3 rings (SSSR count). The molecule has 0 saturated heterocycles. The Balaban J connectivity index is 0.000000153. The number of benzene rings is 1. The van der Waals surface area contributed by atoms with Gasteiger partial charge in [-0.25, -0.2) is 0 Å². The molecule has 1 N–H and O–H groups in total. The second-order valence-corrected chi connectivity index (χ2v) is 3.43. The van der Waals surface area contributed by atoms with Crippen molar-refractivity contribution in [1.82, 2.24) is 9.97 Å². The van der Waals surface area contributed by atoms with Gasteiger partial charge in [-0.2, -0.15) is 0 Å². The van der Waals surface area contributed by atoms with Crippen LogP contribution in [0.5, 0.6) is 0 Å². The van der Waals surface area contributed by atoms with Crippen LogP contribution in [0.3, 0.4) is 0 Å². The monoisotopic (exact) mass is 224 g/mol. The fourth-order valence-electron chi connectivity index (χ4n) is 1.50. The molecule has 3 nitrogen and oxygen atoms in total. The fourth-order valence-corrected chi connectivity index (χ4v) is 1.50. The Labute approximate surface area is 99.1 Å². The molecule has 0 bridgehead atoms. The third-order valence-electron chi connectivity index (χ3n) is 2.31. The van der Waals surface area contributed by atoms with Crippen molar-refractivity contribution in [2.24, 2.45) is 0 Å². The number of nitrogens with zero attached hydrogens (tertiary/aromatic N) is 1. The summed E-state index contributed by atoms with van der Waals surface area (Å²) in [5, 5.41) is 0.988. The summed E-state index contributed by atoms with van der Waals surface area (Å²) in [6.07, 6.45) is 6.08. The van der Waals surface area contributed by atoms with E-state index in [2.05, 4.69) is 9.97 Å². The maximum absolute atomic E-state index is 10.5. The van der Waals surface area contributed by atoms with Crippen LogP contribution in [0.1, 0.15) is 10.4 Å². The average molecular weight is 224 g/mol. The molecular formula is C14H12N2O. The third-order valence-corrected chi connectivity index (χ3v) is 2.31. The number of pyridine rings is 1. The van der Waals surface area contributed by atoms with E-state index in [0.29, 0.717) is 0 Å². The largest absolute Gasteiger partial charge is 0.360 e. The molecule has 0 aliphatic carbocycles. The lowest BCUT2D eigenvalue weighted by Gasteiger charge is -1.86. The van der Waals surface area contributed by atoms with Crippen molar-refractivity contribution in [2.45, 2.75) is 0 Å². The van der Waals surface area contributed by atoms with Gasteiger partial charge in [0, 0.05) is 35.1 Å². The molecule has 0 aliphatic rings. The smallest absolute Gasteiger partial charge is 0.152 e. The molecule has 3 heteroatoms. The number of nitrogens with one attached hydrogen (secondary N) is 1. The molecule has 0 unspecified atom stereocenters. The van der Waals surface area contributed by atoms with E-state index in [9.17, 15) is 4.79 Å². The lowest BCUT2D eigenvalue weighted by molar-refractivity contribution is 0.112. The molecule has 0 radical (unpaired) electrons. The normalized spacial score (nSPS) is 9.41. The summed E-state index contributed by atoms with van der Waals surface area (Å²) in [5.41, 5.74) is 1.73. The number of H-pyrrole nitrogens is 1. The van der Waals surface area contributed by atoms with Gasteiger partial charge in [-0.05, 0) is 18.2 Å². The maximum atomic E-state index is 10.5. The molecule has 3 aromatic rings. The number of aromatic nitrogens is 2. The van der Waals surface area contributed by atoms with E-state index >= 15 is 0 Å². The second kappa shape index (κ2) is 5.61. The first kappa shape index (κ1) is 11.1. The zero-order valence-corrected chi connectivity index (χ0v) is 9.21. The summed E-state index contributed by atoms with van der Waals surface area (Å²) in [7, 11) is 0. The molecular weight excluding hydrogens is 212 g/mol. The van der Waals surface area contributed by atoms with Gasteiger partial charge in [0.05, 0.1) is 0 Å². The predicted octanol–water partition coefficient (Wildman–Crippen LogP) is 3.06. The highest BCUT2D eigenvalue weighted by atomic mass is 16.1. The Morgan fingerprint density at radius 2 is 1.76 bits per heavy atom. The second-order valence-electron chi connectivity index (χ2n) is 3.43. The van der Waals surface area contributed by atoms with Crippen molar-refractivity contribution in [1.29, 1.82) is 0 Å². The van der Waals surface area contributed by atoms with Crippen LogP contribution in [0, 0.1) is 0 Å². The molecule has 17 heavy (non-hydrogen) atoms. The number of para-hydroxylation sites is 1. The summed E-state index contributed by atoms with van der Waals surface area (Å²) in [4.78, 5) is 17.3. The van der Waals surface area contributed by atoms with Gasteiger partial charge < -0.3 is 4.98 Å². The van der Waals surface area contributed by atoms with Crippen LogP contribution < -0.4 is 0 Å². The SMILES string of the molecule is O=Cc1c[nH]c2ccccc12.c1ccncc1. The number of carbonyl (C=O) groups excluding carboxylic acids is 1. The molecule has 84 valence electrons. The Kier molecular flexibility index (Phi) is 3.65. The number of hydrogen-bond donors (Lipinski definition) is 1. The van der Waals surface area contributed by atoms with Crippen LogP contribution in [0.2, 0.25) is 0 Å². The summed E-state index contributed by atoms with van der Waals surface area (Å²) >= 11 is 0. The molecule has 0 atom stereocenters. The fraction of sp³-hybridized carbons (Fsp3) is 0. The molecule has 0 spiro atoms. The van der Waals surface area contributed by atoms with Gasteiger partial charge in [-0.1, -0.05) is 24.3 Å². The quantitative estimate of drug-likeness (QED) is 0.646. The number of fused-ring (bicyclic) bond motifs is 1. The Morgan fingerprint density at radius 3 is 2.35 bits per heavy atom. The van der Waals surface area contributed by atoms with Gasteiger partial charge >= 0.3 is 0 Å². The number of rotatable bonds is 1. The lowest BCUT2D eigenvalue weighted by Crippen LogP contribution is -1.72. The van der Waals surface area contributed by atoms with Crippen molar-refractivity contribution in [3.8, 4) is 0 Å². The molecule has 2 heterocycles. The molecule has 0 saturated carbocycles. The van der Waals surface area contributed by atoms with Crippen molar-refractivity contribution >= 4 is 17.2 Å². The van der Waals surface area contributed by atoms with Crippen LogP contribution in [-0.4, -0.2) is 16.3 Å². The number of carbonyl (C=O) groups is 1. The van der Waals surface area contributed by atoms with E-state index < -0.39 is 0 Å². The van der Waals surface area contributed by atoms with E-state index in [4.69, 9.17) is 0 Å². The molecule has 0 amide bonds. The van der Waals surface area contributed by atoms with E-state index in [1.807, 2.05) is 42.5 Å². The highest BCUT2D eigenvalue weighted by Gasteiger charge is 1.98. The third kappa shape index (κ3) is 2.78. The molecule has 2 aromatic heterocycles. The van der Waals surface area contributed by atoms with E-state index in [-0.39, 0.29) is 0 Å². The van der Waals surface area contributed by atoms with Gasteiger partial charge in [0.25, 0.3) is 0 Å². The standard InChI is InChI=1S/C9H7NO.C5H5N/c11-6-7-5-10-9-4-2-1-3-8(7)9;1-2-4-6-5-3-1/h1-6,10H;1-5H. The Hall–Kier alpha value is -2.42. The van der Waals surface area contributed by atoms with Crippen molar-refractivity contribution in [2.75, 3.05) is 0 Å². The number of hydrogen-bond acceptors (Lipinski definition) is 2. The van der Waals surface area contributed by atoms with Crippen molar-refractivity contribution in [3.63, 3.8) is 0 Å².